The van der Waals surface area contributed by atoms with Crippen molar-refractivity contribution in [3.8, 4) is 0 Å². The summed E-state index contributed by atoms with van der Waals surface area (Å²) in [6, 6.07) is 3.50. The van der Waals surface area contributed by atoms with Crippen molar-refractivity contribution in [1.29, 1.82) is 0 Å². The van der Waals surface area contributed by atoms with E-state index in [1.807, 2.05) is 6.92 Å². The van der Waals surface area contributed by atoms with Crippen LogP contribution in [-0.2, 0) is 0 Å². The predicted octanol–water partition coefficient (Wildman–Crippen LogP) is -0.853. The second-order valence-electron chi connectivity index (χ2n) is 3.95. The minimum absolute atomic E-state index is 0.512. The van der Waals surface area contributed by atoms with Crippen molar-refractivity contribution in [1.82, 2.24) is 13.2 Å². The number of imidazole rings is 2. The predicted molar refractivity (Wildman–Crippen MR) is 56.4 cm³/mol. The monoisotopic (exact) mass is 215 g/mol. The van der Waals surface area contributed by atoms with Crippen molar-refractivity contribution in [2.75, 3.05) is 0 Å². The molecule has 0 saturated heterocycles. The molecule has 0 saturated carbocycles. The van der Waals surface area contributed by atoms with E-state index in [2.05, 4.69) is 0 Å². The summed E-state index contributed by atoms with van der Waals surface area (Å²) in [6.07, 6.45) is 0. The van der Waals surface area contributed by atoms with Crippen LogP contribution in [0.3, 0.4) is 0 Å². The maximum absolute atomic E-state index is 11.9. The van der Waals surface area contributed by atoms with Crippen LogP contribution in [0.5, 0.6) is 0 Å². The molecular weight excluding hydrogens is 210 g/mol. The summed E-state index contributed by atoms with van der Waals surface area (Å²) in [7, 11) is 0. The molecule has 0 N–H and O–H groups in total. The van der Waals surface area contributed by atoms with Crippen LogP contribution in [0.2, 0.25) is 0 Å². The average molecular weight is 215 g/mol. The number of hydrogen-bond donors (Lipinski definition) is 0. The van der Waals surface area contributed by atoms with E-state index in [-0.39, 0.29) is 0 Å². The SMILES string of the molecule is Cc1ccc2c3c1n1c(=O)n2c(=O)n3c1=O. The molecule has 0 aliphatic heterocycles. The zero-order chi connectivity index (χ0) is 11.2. The van der Waals surface area contributed by atoms with Crippen LogP contribution in [0, 0.1) is 6.92 Å². The van der Waals surface area contributed by atoms with Gasteiger partial charge in [0.2, 0.25) is 0 Å². The molecule has 0 atom stereocenters. The van der Waals surface area contributed by atoms with Gasteiger partial charge in [0.15, 0.2) is 0 Å². The molecule has 78 valence electrons. The zero-order valence-electron chi connectivity index (χ0n) is 8.22. The Bertz CT molecular complexity index is 1000. The zero-order valence-corrected chi connectivity index (χ0v) is 8.22. The minimum Gasteiger partial charge on any atom is -0.246 e. The van der Waals surface area contributed by atoms with E-state index in [0.717, 1.165) is 18.8 Å². The van der Waals surface area contributed by atoms with E-state index < -0.39 is 17.1 Å². The highest BCUT2D eigenvalue weighted by Gasteiger charge is 2.26. The van der Waals surface area contributed by atoms with Gasteiger partial charge in [0.1, 0.15) is 5.52 Å². The number of hydrogen-bond acceptors (Lipinski definition) is 3. The molecule has 0 aliphatic rings. The van der Waals surface area contributed by atoms with Gasteiger partial charge < -0.3 is 0 Å². The lowest BCUT2D eigenvalue weighted by Gasteiger charge is -2.01. The highest BCUT2D eigenvalue weighted by atomic mass is 16.2. The van der Waals surface area contributed by atoms with Crippen LogP contribution in [0.15, 0.2) is 26.5 Å². The molecule has 5 rings (SSSR count). The number of benzene rings is 1. The number of aromatic nitrogens is 3. The fourth-order valence-corrected chi connectivity index (χ4v) is 2.49. The Hall–Kier alpha value is -2.37. The van der Waals surface area contributed by atoms with Gasteiger partial charge in [-0.3, -0.25) is 0 Å². The first-order valence-corrected chi connectivity index (χ1v) is 4.79. The normalized spacial score (nSPS) is 12.8. The van der Waals surface area contributed by atoms with Crippen LogP contribution in [0.1, 0.15) is 5.56 Å². The van der Waals surface area contributed by atoms with Crippen LogP contribution < -0.4 is 17.1 Å². The van der Waals surface area contributed by atoms with Gasteiger partial charge in [-0.2, -0.15) is 0 Å². The standard InChI is InChI=1S/C10H5N3O3/c1-4-2-3-5-7-6(4)12-8(14)11(5)9(15)13(7)10(12)16/h2-3H,1H3. The molecule has 0 radical (unpaired) electrons. The van der Waals surface area contributed by atoms with E-state index >= 15 is 0 Å². The summed E-state index contributed by atoms with van der Waals surface area (Å²) in [5.74, 6) is 0. The summed E-state index contributed by atoms with van der Waals surface area (Å²) in [5.41, 5.74) is 0.736. The molecular formula is C10H5N3O3. The molecule has 4 aromatic heterocycles. The highest BCUT2D eigenvalue weighted by Crippen LogP contribution is 2.21. The Kier molecular flexibility index (Phi) is 0.956. The summed E-state index contributed by atoms with van der Waals surface area (Å²) < 4.78 is 3.14. The lowest BCUT2D eigenvalue weighted by molar-refractivity contribution is 0.793. The Balaban J connectivity index is 2.81. The van der Waals surface area contributed by atoms with Crippen LogP contribution in [0.25, 0.3) is 16.6 Å². The second-order valence-corrected chi connectivity index (χ2v) is 3.95. The van der Waals surface area contributed by atoms with Gasteiger partial charge in [-0.25, -0.2) is 27.6 Å². The van der Waals surface area contributed by atoms with E-state index in [1.165, 1.54) is 0 Å². The largest absolute Gasteiger partial charge is 0.345 e. The number of nitrogens with zero attached hydrogens (tertiary/aromatic N) is 3. The Labute approximate surface area is 86.6 Å². The molecule has 1 aromatic carbocycles. The third kappa shape index (κ3) is 0.513. The fraction of sp³-hybridized carbons (Fsp3) is 0.100. The fourth-order valence-electron chi connectivity index (χ4n) is 2.49. The summed E-state index contributed by atoms with van der Waals surface area (Å²) >= 11 is 0. The minimum atomic E-state index is -0.568. The molecule has 0 fully saturated rings. The molecule has 0 spiro atoms. The molecule has 6 nitrogen and oxygen atoms in total. The molecule has 6 heteroatoms. The van der Waals surface area contributed by atoms with Crippen molar-refractivity contribution in [2.45, 2.75) is 6.92 Å². The topological polar surface area (TPSA) is 64.4 Å². The van der Waals surface area contributed by atoms with Gasteiger partial charge in [0.05, 0.1) is 11.0 Å². The third-order valence-corrected chi connectivity index (χ3v) is 3.17. The summed E-state index contributed by atoms with van der Waals surface area (Å²) in [5, 5.41) is 0. The smallest absolute Gasteiger partial charge is 0.246 e. The third-order valence-electron chi connectivity index (χ3n) is 3.17. The number of rotatable bonds is 0. The van der Waals surface area contributed by atoms with Gasteiger partial charge in [-0.05, 0) is 18.6 Å². The number of aryl methyl sites for hydroxylation is 1. The maximum Gasteiger partial charge on any atom is 0.345 e. The lowest BCUT2D eigenvalue weighted by atomic mass is 10.2. The first-order valence-electron chi connectivity index (χ1n) is 4.79. The molecule has 0 aliphatic carbocycles. The lowest BCUT2D eigenvalue weighted by Crippen LogP contribution is -2.42. The summed E-state index contributed by atoms with van der Waals surface area (Å²) in [4.78, 5) is 35.5. The van der Waals surface area contributed by atoms with Crippen molar-refractivity contribution < 1.29 is 0 Å². The van der Waals surface area contributed by atoms with Crippen LogP contribution >= 0.6 is 0 Å². The van der Waals surface area contributed by atoms with Crippen LogP contribution in [0.4, 0.5) is 0 Å². The van der Waals surface area contributed by atoms with Gasteiger partial charge in [0.25, 0.3) is 0 Å². The molecule has 6 bridgehead atoms. The van der Waals surface area contributed by atoms with Gasteiger partial charge in [-0.1, -0.05) is 6.07 Å². The maximum atomic E-state index is 11.9. The second kappa shape index (κ2) is 1.95. The van der Waals surface area contributed by atoms with Crippen molar-refractivity contribution in [3.63, 3.8) is 0 Å². The van der Waals surface area contributed by atoms with Crippen LogP contribution in [-0.4, -0.2) is 13.2 Å². The van der Waals surface area contributed by atoms with Crippen molar-refractivity contribution in [3.05, 3.63) is 49.1 Å². The first kappa shape index (κ1) is 7.86. The van der Waals surface area contributed by atoms with Gasteiger partial charge in [-0.15, -0.1) is 0 Å². The van der Waals surface area contributed by atoms with E-state index in [1.54, 1.807) is 12.1 Å². The Morgan fingerprint density at radius 1 is 0.812 bits per heavy atom. The molecule has 16 heavy (non-hydrogen) atoms. The van der Waals surface area contributed by atoms with Crippen molar-refractivity contribution >= 4 is 16.6 Å². The van der Waals surface area contributed by atoms with E-state index in [0.29, 0.717) is 16.6 Å². The molecule has 0 amide bonds. The quantitative estimate of drug-likeness (QED) is 0.383. The Morgan fingerprint density at radius 3 is 2.06 bits per heavy atom. The van der Waals surface area contributed by atoms with E-state index in [9.17, 15) is 14.4 Å². The molecule has 4 heterocycles. The molecule has 0 unspecified atom stereocenters. The first-order chi connectivity index (χ1) is 7.63. The van der Waals surface area contributed by atoms with Gasteiger partial charge >= 0.3 is 17.1 Å². The highest BCUT2D eigenvalue weighted by molar-refractivity contribution is 5.95. The average Bonchev–Trinajstić information content (AvgIpc) is 2.62. The summed E-state index contributed by atoms with van der Waals surface area (Å²) in [6.45, 7) is 1.81. The Morgan fingerprint density at radius 2 is 1.38 bits per heavy atom. The van der Waals surface area contributed by atoms with Crippen molar-refractivity contribution in [2.24, 2.45) is 0 Å². The van der Waals surface area contributed by atoms with E-state index in [4.69, 9.17) is 0 Å². The van der Waals surface area contributed by atoms with Gasteiger partial charge in [0, 0.05) is 0 Å². The molecule has 5 aromatic rings.